The lowest BCUT2D eigenvalue weighted by Crippen LogP contribution is -2.49. The number of benzene rings is 2. The zero-order valence-electron chi connectivity index (χ0n) is 19.7. The van der Waals surface area contributed by atoms with Crippen molar-refractivity contribution in [2.45, 2.75) is 59.0 Å². The molecule has 2 amide bonds. The second-order valence-corrected chi connectivity index (χ2v) is 10.6. The highest BCUT2D eigenvalue weighted by Crippen LogP contribution is 2.31. The van der Waals surface area contributed by atoms with E-state index in [9.17, 15) is 9.59 Å². The molecule has 0 spiro atoms. The molecule has 0 radical (unpaired) electrons. The Morgan fingerprint density at radius 3 is 2.42 bits per heavy atom. The molecule has 0 saturated carbocycles. The summed E-state index contributed by atoms with van der Waals surface area (Å²) in [5.41, 5.74) is 1.83. The van der Waals surface area contributed by atoms with Crippen molar-refractivity contribution in [2.75, 3.05) is 13.2 Å². The van der Waals surface area contributed by atoms with Gasteiger partial charge in [-0.1, -0.05) is 63.0 Å². The fraction of sp³-hybridized carbons (Fsp3) is 0.440. The van der Waals surface area contributed by atoms with Gasteiger partial charge >= 0.3 is 0 Å². The third kappa shape index (κ3) is 7.90. The second-order valence-electron chi connectivity index (χ2n) is 8.91. The summed E-state index contributed by atoms with van der Waals surface area (Å²) in [6.45, 7) is 10.5. The van der Waals surface area contributed by atoms with Gasteiger partial charge in [0.1, 0.15) is 11.8 Å². The van der Waals surface area contributed by atoms with Crippen LogP contribution in [0.2, 0.25) is 10.0 Å². The molecule has 5 nitrogen and oxygen atoms in total. The average molecular weight is 558 g/mol. The smallest absolute Gasteiger partial charge is 0.261 e. The molecule has 1 atom stereocenters. The molecule has 0 saturated heterocycles. The molecule has 1 N–H and O–H groups in total. The number of hydrogen-bond acceptors (Lipinski definition) is 3. The second kappa shape index (κ2) is 12.1. The van der Waals surface area contributed by atoms with Gasteiger partial charge in [-0.05, 0) is 70.1 Å². The van der Waals surface area contributed by atoms with E-state index in [1.54, 1.807) is 25.1 Å². The number of carbonyl (C=O) groups excluding carboxylic acids is 2. The van der Waals surface area contributed by atoms with E-state index < -0.39 is 6.04 Å². The van der Waals surface area contributed by atoms with Gasteiger partial charge in [0.15, 0.2) is 6.61 Å². The van der Waals surface area contributed by atoms with E-state index in [0.29, 0.717) is 27.9 Å². The first-order chi connectivity index (χ1) is 15.4. The zero-order valence-corrected chi connectivity index (χ0v) is 22.8. The Hall–Kier alpha value is -1.76. The van der Waals surface area contributed by atoms with Gasteiger partial charge in [0.2, 0.25) is 5.91 Å². The molecule has 2 aromatic rings. The van der Waals surface area contributed by atoms with Crippen LogP contribution in [0.5, 0.6) is 5.75 Å². The van der Waals surface area contributed by atoms with Crippen LogP contribution in [0, 0.1) is 0 Å². The number of rotatable bonds is 9. The van der Waals surface area contributed by atoms with Crippen molar-refractivity contribution in [3.05, 3.63) is 62.0 Å². The van der Waals surface area contributed by atoms with Crippen molar-refractivity contribution in [1.82, 2.24) is 10.2 Å². The van der Waals surface area contributed by atoms with Gasteiger partial charge in [0.05, 0.1) is 4.47 Å². The molecule has 8 heteroatoms. The number of carbonyl (C=O) groups is 2. The lowest BCUT2D eigenvalue weighted by Gasteiger charge is -2.29. The quantitative estimate of drug-likeness (QED) is 0.389. The van der Waals surface area contributed by atoms with Crippen molar-refractivity contribution in [3.8, 4) is 5.75 Å². The standard InChI is InChI=1S/C25H31BrCl2N2O3/c1-6-11-29-24(32)16(2)30(14-17-7-9-19(27)13-21(17)28)23(31)15-33-22-10-8-18(12-20(22)26)25(3,4)5/h7-10,12-13,16H,6,11,14-15H2,1-5H3,(H,29,32)/t16-/m0/s1. The van der Waals surface area contributed by atoms with Crippen molar-refractivity contribution >= 4 is 50.9 Å². The minimum Gasteiger partial charge on any atom is -0.483 e. The van der Waals surface area contributed by atoms with Gasteiger partial charge < -0.3 is 15.0 Å². The van der Waals surface area contributed by atoms with Crippen LogP contribution in [-0.4, -0.2) is 35.9 Å². The van der Waals surface area contributed by atoms with Gasteiger partial charge in [0, 0.05) is 23.1 Å². The zero-order chi connectivity index (χ0) is 24.8. The van der Waals surface area contributed by atoms with Gasteiger partial charge in [0.25, 0.3) is 5.91 Å². The summed E-state index contributed by atoms with van der Waals surface area (Å²) in [6.07, 6.45) is 0.803. The fourth-order valence-electron chi connectivity index (χ4n) is 3.12. The molecule has 2 rings (SSSR count). The van der Waals surface area contributed by atoms with Crippen LogP contribution in [0.15, 0.2) is 40.9 Å². The maximum atomic E-state index is 13.2. The number of nitrogens with one attached hydrogen (secondary N) is 1. The monoisotopic (exact) mass is 556 g/mol. The van der Waals surface area contributed by atoms with E-state index in [4.69, 9.17) is 27.9 Å². The molecule has 0 aliphatic heterocycles. The predicted octanol–water partition coefficient (Wildman–Crippen LogP) is 6.38. The third-order valence-corrected chi connectivity index (χ3v) is 6.43. The largest absolute Gasteiger partial charge is 0.483 e. The highest BCUT2D eigenvalue weighted by molar-refractivity contribution is 9.10. The maximum Gasteiger partial charge on any atom is 0.261 e. The number of ether oxygens (including phenoxy) is 1. The summed E-state index contributed by atoms with van der Waals surface area (Å²) >= 11 is 15.9. The van der Waals surface area contributed by atoms with Crippen LogP contribution >= 0.6 is 39.1 Å². The van der Waals surface area contributed by atoms with E-state index >= 15 is 0 Å². The molecule has 0 heterocycles. The first-order valence-corrected chi connectivity index (χ1v) is 12.4. The minimum atomic E-state index is -0.703. The number of nitrogens with zero attached hydrogens (tertiary/aromatic N) is 1. The van der Waals surface area contributed by atoms with E-state index in [1.807, 2.05) is 25.1 Å². The lowest BCUT2D eigenvalue weighted by molar-refractivity contribution is -0.142. The summed E-state index contributed by atoms with van der Waals surface area (Å²) in [7, 11) is 0. The van der Waals surface area contributed by atoms with Gasteiger partial charge in [-0.2, -0.15) is 0 Å². The normalized spacial score (nSPS) is 12.2. The number of hydrogen-bond donors (Lipinski definition) is 1. The highest BCUT2D eigenvalue weighted by atomic mass is 79.9. The Morgan fingerprint density at radius 1 is 1.15 bits per heavy atom. The minimum absolute atomic E-state index is 0.00714. The van der Waals surface area contributed by atoms with Crippen molar-refractivity contribution in [1.29, 1.82) is 0 Å². The molecular formula is C25H31BrCl2N2O3. The van der Waals surface area contributed by atoms with E-state index in [0.717, 1.165) is 16.5 Å². The molecule has 0 aliphatic carbocycles. The Bertz CT molecular complexity index is 992. The number of amides is 2. The third-order valence-electron chi connectivity index (χ3n) is 5.22. The molecule has 0 aromatic heterocycles. The summed E-state index contributed by atoms with van der Waals surface area (Å²) in [5, 5.41) is 3.78. The molecule has 0 bridgehead atoms. The Balaban J connectivity index is 2.21. The van der Waals surface area contributed by atoms with Gasteiger partial charge in [-0.25, -0.2) is 0 Å². The van der Waals surface area contributed by atoms with E-state index in [1.165, 1.54) is 4.90 Å². The molecule has 180 valence electrons. The predicted molar refractivity (Wildman–Crippen MR) is 138 cm³/mol. The lowest BCUT2D eigenvalue weighted by atomic mass is 9.87. The van der Waals surface area contributed by atoms with E-state index in [-0.39, 0.29) is 30.4 Å². The van der Waals surface area contributed by atoms with Crippen molar-refractivity contribution < 1.29 is 14.3 Å². The van der Waals surface area contributed by atoms with Crippen LogP contribution in [0.4, 0.5) is 0 Å². The van der Waals surface area contributed by atoms with Crippen LogP contribution < -0.4 is 10.1 Å². The van der Waals surface area contributed by atoms with Gasteiger partial charge in [-0.15, -0.1) is 0 Å². The Kier molecular flexibility index (Phi) is 10.1. The molecule has 0 unspecified atom stereocenters. The maximum absolute atomic E-state index is 13.2. The highest BCUT2D eigenvalue weighted by Gasteiger charge is 2.27. The first kappa shape index (κ1) is 27.5. The van der Waals surface area contributed by atoms with E-state index in [2.05, 4.69) is 42.0 Å². The first-order valence-electron chi connectivity index (χ1n) is 10.9. The topological polar surface area (TPSA) is 58.6 Å². The molecule has 0 fully saturated rings. The Labute approximate surface area is 214 Å². The molecule has 2 aromatic carbocycles. The SMILES string of the molecule is CCCNC(=O)[C@H](C)N(Cc1ccc(Cl)cc1Cl)C(=O)COc1ccc(C(C)(C)C)cc1Br. The number of halogens is 3. The molecular weight excluding hydrogens is 527 g/mol. The summed E-state index contributed by atoms with van der Waals surface area (Å²) < 4.78 is 6.59. The van der Waals surface area contributed by atoms with Crippen LogP contribution in [0.25, 0.3) is 0 Å². The molecule has 0 aliphatic rings. The van der Waals surface area contributed by atoms with Gasteiger partial charge in [-0.3, -0.25) is 9.59 Å². The summed E-state index contributed by atoms with van der Waals surface area (Å²) in [5.74, 6) is 0.00173. The molecule has 33 heavy (non-hydrogen) atoms. The fourth-order valence-corrected chi connectivity index (χ4v) is 4.08. The van der Waals surface area contributed by atoms with Crippen LogP contribution in [0.1, 0.15) is 52.2 Å². The van der Waals surface area contributed by atoms with Crippen molar-refractivity contribution in [2.24, 2.45) is 0 Å². The van der Waals surface area contributed by atoms with Crippen LogP contribution in [0.3, 0.4) is 0 Å². The Morgan fingerprint density at radius 2 is 1.85 bits per heavy atom. The van der Waals surface area contributed by atoms with Crippen molar-refractivity contribution in [3.63, 3.8) is 0 Å². The average Bonchev–Trinajstić information content (AvgIpc) is 2.74. The summed E-state index contributed by atoms with van der Waals surface area (Å²) in [4.78, 5) is 27.3. The van der Waals surface area contributed by atoms with Crippen LogP contribution in [-0.2, 0) is 21.5 Å². The summed E-state index contributed by atoms with van der Waals surface area (Å²) in [6, 6.07) is 10.2.